The van der Waals surface area contributed by atoms with Crippen LogP contribution in [0.1, 0.15) is 35.2 Å². The van der Waals surface area contributed by atoms with Gasteiger partial charge < -0.3 is 16.0 Å². The van der Waals surface area contributed by atoms with Gasteiger partial charge in [0.15, 0.2) is 9.84 Å². The van der Waals surface area contributed by atoms with Crippen molar-refractivity contribution >= 4 is 38.9 Å². The van der Waals surface area contributed by atoms with E-state index in [1.165, 1.54) is 0 Å². The second kappa shape index (κ2) is 8.86. The van der Waals surface area contributed by atoms with Gasteiger partial charge in [-0.25, -0.2) is 21.6 Å². The van der Waals surface area contributed by atoms with Crippen molar-refractivity contribution in [1.29, 1.82) is 0 Å². The Morgan fingerprint density at radius 2 is 1.91 bits per heavy atom. The molecule has 2 aliphatic rings. The highest BCUT2D eigenvalue weighted by atomic mass is 35.5. The van der Waals surface area contributed by atoms with Gasteiger partial charge in [0.05, 0.1) is 34.5 Å². The highest BCUT2D eigenvalue weighted by Gasteiger charge is 2.41. The molecule has 3 N–H and O–H groups in total. The normalized spacial score (nSPS) is 23.3. The average Bonchev–Trinajstić information content (AvgIpc) is 3.07. The molecule has 0 bridgehead atoms. The third kappa shape index (κ3) is 4.91. The molecule has 2 aromatic carbocycles. The second-order valence-electron chi connectivity index (χ2n) is 8.51. The van der Waals surface area contributed by atoms with Crippen LogP contribution in [0.5, 0.6) is 0 Å². The van der Waals surface area contributed by atoms with Crippen molar-refractivity contribution < 1.29 is 31.2 Å². The summed E-state index contributed by atoms with van der Waals surface area (Å²) in [5.74, 6) is -6.52. The van der Waals surface area contributed by atoms with Crippen molar-refractivity contribution in [2.45, 2.75) is 48.7 Å². The van der Waals surface area contributed by atoms with Gasteiger partial charge in [-0.15, -0.1) is 0 Å². The first-order chi connectivity index (χ1) is 15.9. The number of halogens is 4. The lowest BCUT2D eigenvalue weighted by atomic mass is 10.1. The van der Waals surface area contributed by atoms with Crippen molar-refractivity contribution in [1.82, 2.24) is 5.32 Å². The third-order valence-electron chi connectivity index (χ3n) is 5.89. The average molecular weight is 516 g/mol. The zero-order valence-electron chi connectivity index (χ0n) is 17.7. The molecule has 182 valence electrons. The molecule has 2 amide bonds. The number of hydrogen-bond acceptors (Lipinski definition) is 5. The minimum atomic E-state index is -4.17. The molecule has 1 heterocycles. The molecule has 1 fully saturated rings. The maximum atomic E-state index is 14.9. The standard InChI is InChI=1S/C22H21ClF3N3O4S/c23-13-3-1-12(2-4-13)10-29-18-7-15(20(30)28-14-5-6-22(25,26)9-14)16(24)8-19(18)34(32,33)11-17(27)21(29)31/h1-4,7-8,14,17H,5-6,9-11,27H2,(H,28,30)/t14-,17-/m0/s1. The van der Waals surface area contributed by atoms with E-state index in [9.17, 15) is 31.2 Å². The van der Waals surface area contributed by atoms with Crippen LogP contribution in [0.3, 0.4) is 0 Å². The summed E-state index contributed by atoms with van der Waals surface area (Å²) in [6, 6.07) is 5.76. The quantitative estimate of drug-likeness (QED) is 0.650. The number of fused-ring (bicyclic) bond motifs is 1. The molecule has 2 aromatic rings. The summed E-state index contributed by atoms with van der Waals surface area (Å²) >= 11 is 5.90. The number of carbonyl (C=O) groups excluding carboxylic acids is 2. The van der Waals surface area contributed by atoms with Crippen LogP contribution in [0.15, 0.2) is 41.3 Å². The van der Waals surface area contributed by atoms with Gasteiger partial charge in [-0.1, -0.05) is 23.7 Å². The van der Waals surface area contributed by atoms with E-state index in [0.29, 0.717) is 16.7 Å². The summed E-state index contributed by atoms with van der Waals surface area (Å²) in [4.78, 5) is 26.3. The summed E-state index contributed by atoms with van der Waals surface area (Å²) in [6.07, 6.45) is -0.949. The van der Waals surface area contributed by atoms with Crippen LogP contribution in [0.25, 0.3) is 0 Å². The predicted octanol–water partition coefficient (Wildman–Crippen LogP) is 3.04. The minimum absolute atomic E-state index is 0.0235. The Kier molecular flexibility index (Phi) is 6.38. The Morgan fingerprint density at radius 3 is 2.53 bits per heavy atom. The van der Waals surface area contributed by atoms with E-state index in [-0.39, 0.29) is 18.7 Å². The van der Waals surface area contributed by atoms with Gasteiger partial charge in [0.25, 0.3) is 5.91 Å². The first-order valence-corrected chi connectivity index (χ1v) is 12.5. The summed E-state index contributed by atoms with van der Waals surface area (Å²) in [7, 11) is -4.17. The molecule has 12 heteroatoms. The fraction of sp³-hybridized carbons (Fsp3) is 0.364. The van der Waals surface area contributed by atoms with E-state index in [0.717, 1.165) is 11.0 Å². The van der Waals surface area contributed by atoms with Gasteiger partial charge >= 0.3 is 0 Å². The molecule has 1 aliphatic heterocycles. The number of rotatable bonds is 4. The Hall–Kier alpha value is -2.63. The highest BCUT2D eigenvalue weighted by molar-refractivity contribution is 7.91. The van der Waals surface area contributed by atoms with Crippen molar-refractivity contribution in [3.8, 4) is 0 Å². The number of anilines is 1. The van der Waals surface area contributed by atoms with Crippen molar-refractivity contribution in [3.63, 3.8) is 0 Å². The Morgan fingerprint density at radius 1 is 1.24 bits per heavy atom. The molecule has 0 spiro atoms. The van der Waals surface area contributed by atoms with Gasteiger partial charge in [-0.3, -0.25) is 9.59 Å². The molecule has 7 nitrogen and oxygen atoms in total. The van der Waals surface area contributed by atoms with E-state index >= 15 is 0 Å². The fourth-order valence-corrected chi connectivity index (χ4v) is 5.86. The summed E-state index contributed by atoms with van der Waals surface area (Å²) in [5.41, 5.74) is 5.64. The number of carbonyl (C=O) groups is 2. The zero-order chi connectivity index (χ0) is 24.8. The molecular weight excluding hydrogens is 495 g/mol. The van der Waals surface area contributed by atoms with Gasteiger partial charge in [-0.05, 0) is 36.2 Å². The van der Waals surface area contributed by atoms with Gasteiger partial charge in [-0.2, -0.15) is 0 Å². The number of alkyl halides is 2. The number of sulfone groups is 1. The molecule has 4 rings (SSSR count). The summed E-state index contributed by atoms with van der Waals surface area (Å²) in [5, 5.41) is 2.82. The molecule has 2 atom stereocenters. The van der Waals surface area contributed by atoms with E-state index in [4.69, 9.17) is 17.3 Å². The number of amides is 2. The minimum Gasteiger partial charge on any atom is -0.349 e. The molecule has 1 aliphatic carbocycles. The van der Waals surface area contributed by atoms with Crippen LogP contribution in [0.4, 0.5) is 18.9 Å². The highest BCUT2D eigenvalue weighted by Crippen LogP contribution is 2.36. The maximum Gasteiger partial charge on any atom is 0.254 e. The molecule has 0 aromatic heterocycles. The Bertz CT molecular complexity index is 1250. The van der Waals surface area contributed by atoms with E-state index in [2.05, 4.69) is 5.32 Å². The number of nitrogens with two attached hydrogens (primary N) is 1. The van der Waals surface area contributed by atoms with Crippen molar-refractivity contribution in [2.75, 3.05) is 10.7 Å². The van der Waals surface area contributed by atoms with Crippen LogP contribution < -0.4 is 16.0 Å². The number of nitrogens with one attached hydrogen (secondary N) is 1. The van der Waals surface area contributed by atoms with E-state index in [1.807, 2.05) is 0 Å². The Balaban J connectivity index is 1.76. The third-order valence-corrected chi connectivity index (χ3v) is 7.94. The van der Waals surface area contributed by atoms with Crippen LogP contribution in [-0.4, -0.2) is 44.0 Å². The fourth-order valence-electron chi connectivity index (χ4n) is 4.17. The van der Waals surface area contributed by atoms with Gasteiger partial charge in [0.2, 0.25) is 11.8 Å². The van der Waals surface area contributed by atoms with Crippen LogP contribution in [0.2, 0.25) is 5.02 Å². The molecule has 0 unspecified atom stereocenters. The molecule has 34 heavy (non-hydrogen) atoms. The molecule has 1 saturated carbocycles. The summed E-state index contributed by atoms with van der Waals surface area (Å²) < 4.78 is 67.6. The first kappa shape index (κ1) is 24.5. The van der Waals surface area contributed by atoms with Gasteiger partial charge in [0, 0.05) is 23.9 Å². The lowest BCUT2D eigenvalue weighted by molar-refractivity contribution is -0.119. The zero-order valence-corrected chi connectivity index (χ0v) is 19.3. The molecular formula is C22H21ClF3N3O4S. The monoisotopic (exact) mass is 515 g/mol. The molecule has 0 saturated heterocycles. The Labute approximate surface area is 199 Å². The maximum absolute atomic E-state index is 14.9. The summed E-state index contributed by atoms with van der Waals surface area (Å²) in [6.45, 7) is -0.117. The van der Waals surface area contributed by atoms with Gasteiger partial charge in [0.1, 0.15) is 5.82 Å². The smallest absolute Gasteiger partial charge is 0.254 e. The largest absolute Gasteiger partial charge is 0.349 e. The SMILES string of the molecule is N[C@H]1CS(=O)(=O)c2cc(F)c(C(=O)N[C@H]3CCC(F)(F)C3)cc2N(Cc2ccc(Cl)cc2)C1=O. The second-order valence-corrected chi connectivity index (χ2v) is 10.9. The lowest BCUT2D eigenvalue weighted by Crippen LogP contribution is -2.45. The van der Waals surface area contributed by atoms with E-state index in [1.54, 1.807) is 24.3 Å². The van der Waals surface area contributed by atoms with Crippen molar-refractivity contribution in [3.05, 3.63) is 58.4 Å². The van der Waals surface area contributed by atoms with Crippen LogP contribution >= 0.6 is 11.6 Å². The topological polar surface area (TPSA) is 110 Å². The van der Waals surface area contributed by atoms with E-state index < -0.39 is 74.5 Å². The van der Waals surface area contributed by atoms with Crippen LogP contribution in [-0.2, 0) is 21.2 Å². The van der Waals surface area contributed by atoms with Crippen LogP contribution in [0, 0.1) is 5.82 Å². The number of nitrogens with zero attached hydrogens (tertiary/aromatic N) is 1. The number of hydrogen-bond donors (Lipinski definition) is 2. The molecule has 0 radical (unpaired) electrons. The lowest BCUT2D eigenvalue weighted by Gasteiger charge is -2.25. The number of benzene rings is 2. The van der Waals surface area contributed by atoms with Crippen molar-refractivity contribution in [2.24, 2.45) is 5.73 Å². The predicted molar refractivity (Wildman–Crippen MR) is 119 cm³/mol. The first-order valence-electron chi connectivity index (χ1n) is 10.4.